The Kier molecular flexibility index (Phi) is 7.16. The van der Waals surface area contributed by atoms with Crippen molar-refractivity contribution in [3.8, 4) is 0 Å². The highest BCUT2D eigenvalue weighted by molar-refractivity contribution is 7.89. The summed E-state index contributed by atoms with van der Waals surface area (Å²) in [6, 6.07) is 5.76. The summed E-state index contributed by atoms with van der Waals surface area (Å²) in [5.74, 6) is -0.248. The third-order valence-electron chi connectivity index (χ3n) is 5.08. The highest BCUT2D eigenvalue weighted by atomic mass is 32.2. The van der Waals surface area contributed by atoms with E-state index in [0.717, 1.165) is 26.1 Å². The van der Waals surface area contributed by atoms with Gasteiger partial charge in [-0.05, 0) is 30.7 Å². The minimum atomic E-state index is -3.57. The lowest BCUT2D eigenvalue weighted by Crippen LogP contribution is -2.48. The molecule has 0 spiro atoms. The van der Waals surface area contributed by atoms with Gasteiger partial charge in [-0.15, -0.1) is 0 Å². The molecule has 2 rings (SSSR count). The van der Waals surface area contributed by atoms with E-state index in [2.05, 4.69) is 17.1 Å². The maximum Gasteiger partial charge on any atom is 0.243 e. The van der Waals surface area contributed by atoms with Crippen LogP contribution in [0.15, 0.2) is 29.2 Å². The molecule has 1 aromatic carbocycles. The zero-order valence-corrected chi connectivity index (χ0v) is 16.6. The summed E-state index contributed by atoms with van der Waals surface area (Å²) in [4.78, 5) is 14.7. The summed E-state index contributed by atoms with van der Waals surface area (Å²) in [5.41, 5.74) is 6.39. The summed E-state index contributed by atoms with van der Waals surface area (Å²) in [6.07, 6.45) is 0.798. The third-order valence-corrected chi connectivity index (χ3v) is 6.97. The molecular weight excluding hydrogens is 352 g/mol. The molecule has 26 heavy (non-hydrogen) atoms. The van der Waals surface area contributed by atoms with Crippen molar-refractivity contribution in [2.45, 2.75) is 38.1 Å². The fourth-order valence-electron chi connectivity index (χ4n) is 2.91. The van der Waals surface area contributed by atoms with Crippen molar-refractivity contribution in [1.29, 1.82) is 0 Å². The van der Waals surface area contributed by atoms with E-state index in [4.69, 9.17) is 5.73 Å². The number of nitrogens with two attached hydrogens (primary N) is 1. The average Bonchev–Trinajstić information content (AvgIpc) is 2.66. The van der Waals surface area contributed by atoms with Gasteiger partial charge in [0.1, 0.15) is 0 Å². The third kappa shape index (κ3) is 4.82. The molecule has 0 bridgehead atoms. The first kappa shape index (κ1) is 20.8. The number of likely N-dealkylation sites (N-methyl/N-ethyl adjacent to an activating group) is 1. The number of anilines is 1. The number of hydrogen-bond donors (Lipinski definition) is 2. The topological polar surface area (TPSA) is 95.7 Å². The Morgan fingerprint density at radius 1 is 1.23 bits per heavy atom. The molecule has 0 radical (unpaired) electrons. The Bertz CT molecular complexity index is 715. The molecule has 1 fully saturated rings. The van der Waals surface area contributed by atoms with Crippen molar-refractivity contribution in [2.24, 2.45) is 11.7 Å². The molecule has 3 N–H and O–H groups in total. The second kappa shape index (κ2) is 8.94. The lowest BCUT2D eigenvalue weighted by molar-refractivity contribution is -0.118. The van der Waals surface area contributed by atoms with Crippen LogP contribution in [0, 0.1) is 5.92 Å². The standard InChI is InChI=1S/C18H30N4O3S/c1-4-14(3)17(19)18(23)20-15-7-6-8-16(13-15)26(24,25)22-11-9-21(5-2)10-12-22/h6-8,13-14,17H,4-5,9-12,19H2,1-3H3,(H,20,23). The van der Waals surface area contributed by atoms with Crippen molar-refractivity contribution in [3.63, 3.8) is 0 Å². The van der Waals surface area contributed by atoms with E-state index in [1.54, 1.807) is 18.2 Å². The zero-order valence-electron chi connectivity index (χ0n) is 15.8. The van der Waals surface area contributed by atoms with Gasteiger partial charge in [-0.2, -0.15) is 4.31 Å². The maximum atomic E-state index is 12.9. The van der Waals surface area contributed by atoms with E-state index < -0.39 is 16.1 Å². The molecule has 1 aliphatic rings. The van der Waals surface area contributed by atoms with Crippen LogP contribution in [0.3, 0.4) is 0 Å². The Labute approximate surface area is 156 Å². The predicted octanol–water partition coefficient (Wildman–Crippen LogP) is 1.32. The second-order valence-corrected chi connectivity index (χ2v) is 8.70. The van der Waals surface area contributed by atoms with E-state index in [1.165, 1.54) is 10.4 Å². The van der Waals surface area contributed by atoms with Crippen LogP contribution in [0.1, 0.15) is 27.2 Å². The highest BCUT2D eigenvalue weighted by Crippen LogP contribution is 2.21. The molecule has 1 saturated heterocycles. The number of rotatable bonds is 7. The summed E-state index contributed by atoms with van der Waals surface area (Å²) >= 11 is 0. The van der Waals surface area contributed by atoms with Gasteiger partial charge in [-0.3, -0.25) is 4.79 Å². The van der Waals surface area contributed by atoms with Gasteiger partial charge in [0.25, 0.3) is 0 Å². The van der Waals surface area contributed by atoms with Crippen LogP contribution >= 0.6 is 0 Å². The number of nitrogens with zero attached hydrogens (tertiary/aromatic N) is 2. The van der Waals surface area contributed by atoms with Crippen LogP contribution in [-0.4, -0.2) is 62.3 Å². The summed E-state index contributed by atoms with van der Waals surface area (Å²) in [5, 5.41) is 2.73. The molecule has 1 amide bonds. The summed E-state index contributed by atoms with van der Waals surface area (Å²) in [6.45, 7) is 9.31. The van der Waals surface area contributed by atoms with Gasteiger partial charge in [0.15, 0.2) is 0 Å². The Balaban J connectivity index is 2.12. The van der Waals surface area contributed by atoms with Crippen LogP contribution < -0.4 is 11.1 Å². The molecule has 2 atom stereocenters. The van der Waals surface area contributed by atoms with Crippen molar-refractivity contribution in [3.05, 3.63) is 24.3 Å². The first-order valence-corrected chi connectivity index (χ1v) is 10.6. The molecule has 1 aliphatic heterocycles. The van der Waals surface area contributed by atoms with Crippen LogP contribution in [0.2, 0.25) is 0 Å². The maximum absolute atomic E-state index is 12.9. The SMILES string of the molecule is CCC(C)C(N)C(=O)Nc1cccc(S(=O)(=O)N2CCN(CC)CC2)c1. The predicted molar refractivity (Wildman–Crippen MR) is 103 cm³/mol. The summed E-state index contributed by atoms with van der Waals surface area (Å²) < 4.78 is 27.3. The first-order valence-electron chi connectivity index (χ1n) is 9.18. The van der Waals surface area contributed by atoms with E-state index in [1.807, 2.05) is 13.8 Å². The van der Waals surface area contributed by atoms with Gasteiger partial charge < -0.3 is 16.0 Å². The second-order valence-electron chi connectivity index (χ2n) is 6.77. The minimum Gasteiger partial charge on any atom is -0.325 e. The number of carbonyl (C=O) groups is 1. The largest absolute Gasteiger partial charge is 0.325 e. The van der Waals surface area contributed by atoms with Crippen molar-refractivity contribution in [2.75, 3.05) is 38.0 Å². The Morgan fingerprint density at radius 3 is 2.46 bits per heavy atom. The fraction of sp³-hybridized carbons (Fsp3) is 0.611. The van der Waals surface area contributed by atoms with Crippen LogP contribution in [-0.2, 0) is 14.8 Å². The molecular formula is C18H30N4O3S. The fourth-order valence-corrected chi connectivity index (χ4v) is 4.38. The Hall–Kier alpha value is -1.48. The highest BCUT2D eigenvalue weighted by Gasteiger charge is 2.28. The molecule has 1 heterocycles. The molecule has 1 aromatic rings. The van der Waals surface area contributed by atoms with Gasteiger partial charge in [-0.1, -0.05) is 33.3 Å². The van der Waals surface area contributed by atoms with Crippen LogP contribution in [0.5, 0.6) is 0 Å². The quantitative estimate of drug-likeness (QED) is 0.742. The number of hydrogen-bond acceptors (Lipinski definition) is 5. The lowest BCUT2D eigenvalue weighted by Gasteiger charge is -2.33. The first-order chi connectivity index (χ1) is 12.3. The lowest BCUT2D eigenvalue weighted by atomic mass is 9.99. The molecule has 7 nitrogen and oxygen atoms in total. The van der Waals surface area contributed by atoms with E-state index >= 15 is 0 Å². The van der Waals surface area contributed by atoms with E-state index in [0.29, 0.717) is 18.8 Å². The number of piperazine rings is 1. The van der Waals surface area contributed by atoms with Crippen molar-refractivity contribution < 1.29 is 13.2 Å². The van der Waals surface area contributed by atoms with Gasteiger partial charge >= 0.3 is 0 Å². The molecule has 0 aromatic heterocycles. The number of amides is 1. The van der Waals surface area contributed by atoms with Gasteiger partial charge in [0.05, 0.1) is 10.9 Å². The van der Waals surface area contributed by atoms with Crippen molar-refractivity contribution >= 4 is 21.6 Å². The minimum absolute atomic E-state index is 0.0526. The molecule has 0 saturated carbocycles. The number of nitrogens with one attached hydrogen (secondary N) is 1. The number of sulfonamides is 1. The normalized spacial score (nSPS) is 19.1. The monoisotopic (exact) mass is 382 g/mol. The smallest absolute Gasteiger partial charge is 0.243 e. The van der Waals surface area contributed by atoms with Gasteiger partial charge in [0.2, 0.25) is 15.9 Å². The average molecular weight is 383 g/mol. The molecule has 2 unspecified atom stereocenters. The van der Waals surface area contributed by atoms with Crippen LogP contribution in [0.25, 0.3) is 0 Å². The number of benzene rings is 1. The molecule has 0 aliphatic carbocycles. The van der Waals surface area contributed by atoms with E-state index in [-0.39, 0.29) is 16.7 Å². The van der Waals surface area contributed by atoms with E-state index in [9.17, 15) is 13.2 Å². The zero-order chi connectivity index (χ0) is 19.3. The summed E-state index contributed by atoms with van der Waals surface area (Å²) in [7, 11) is -3.57. The van der Waals surface area contributed by atoms with Crippen LogP contribution in [0.4, 0.5) is 5.69 Å². The van der Waals surface area contributed by atoms with Crippen molar-refractivity contribution in [1.82, 2.24) is 9.21 Å². The van der Waals surface area contributed by atoms with Gasteiger partial charge in [0, 0.05) is 31.9 Å². The molecule has 8 heteroatoms. The molecule has 146 valence electrons. The van der Waals surface area contributed by atoms with Gasteiger partial charge in [-0.25, -0.2) is 8.42 Å². The number of carbonyl (C=O) groups excluding carboxylic acids is 1. The Morgan fingerprint density at radius 2 is 1.88 bits per heavy atom.